The van der Waals surface area contributed by atoms with E-state index in [1.54, 1.807) is 7.11 Å². The van der Waals surface area contributed by atoms with E-state index in [-0.39, 0.29) is 0 Å². The molecule has 4 nitrogen and oxygen atoms in total. The zero-order chi connectivity index (χ0) is 14.2. The molecule has 0 spiro atoms. The van der Waals surface area contributed by atoms with E-state index in [9.17, 15) is 0 Å². The number of hydrogen-bond acceptors (Lipinski definition) is 3. The van der Waals surface area contributed by atoms with Crippen LogP contribution in [-0.2, 0) is 13.6 Å². The van der Waals surface area contributed by atoms with Crippen LogP contribution in [0.2, 0.25) is 0 Å². The summed E-state index contributed by atoms with van der Waals surface area (Å²) < 4.78 is 8.17. The van der Waals surface area contributed by atoms with Gasteiger partial charge in [0.05, 0.1) is 23.0 Å². The van der Waals surface area contributed by atoms with E-state index < -0.39 is 0 Å². The first-order valence-corrected chi connectivity index (χ1v) is 6.86. The van der Waals surface area contributed by atoms with E-state index in [0.29, 0.717) is 6.54 Å². The fourth-order valence-corrected chi connectivity index (χ4v) is 2.95. The maximum Gasteiger partial charge on any atom is 0.122 e. The summed E-state index contributed by atoms with van der Waals surface area (Å²) in [4.78, 5) is 0. The van der Waals surface area contributed by atoms with Gasteiger partial charge in [-0.05, 0) is 53.0 Å². The Labute approximate surface area is 121 Å². The fourth-order valence-electron chi connectivity index (χ4n) is 2.24. The molecule has 1 heterocycles. The quantitative estimate of drug-likeness (QED) is 0.944. The highest BCUT2D eigenvalue weighted by Gasteiger charge is 2.17. The summed E-state index contributed by atoms with van der Waals surface area (Å²) in [5.74, 6) is 0.901. The third-order valence-electron chi connectivity index (χ3n) is 3.25. The fraction of sp³-hybridized carbons (Fsp3) is 0.357. The summed E-state index contributed by atoms with van der Waals surface area (Å²) in [7, 11) is 3.62. The molecular weight excluding hydrogens is 306 g/mol. The highest BCUT2D eigenvalue weighted by molar-refractivity contribution is 9.10. The molecule has 0 bridgehead atoms. The van der Waals surface area contributed by atoms with E-state index in [2.05, 4.69) is 34.0 Å². The topological polar surface area (TPSA) is 53.1 Å². The lowest BCUT2D eigenvalue weighted by atomic mass is 10.0. The van der Waals surface area contributed by atoms with Gasteiger partial charge in [0.25, 0.3) is 0 Å². The second-order valence-corrected chi connectivity index (χ2v) is 5.37. The first-order valence-electron chi connectivity index (χ1n) is 6.06. The number of halogens is 1. The Morgan fingerprint density at radius 3 is 2.53 bits per heavy atom. The molecule has 1 aromatic carbocycles. The van der Waals surface area contributed by atoms with E-state index in [4.69, 9.17) is 10.5 Å². The molecule has 0 amide bonds. The van der Waals surface area contributed by atoms with Crippen LogP contribution in [-0.4, -0.2) is 16.9 Å². The third-order valence-corrected chi connectivity index (χ3v) is 4.08. The molecule has 2 N–H and O–H groups in total. The minimum atomic E-state index is 0.419. The van der Waals surface area contributed by atoms with Crippen molar-refractivity contribution in [2.24, 2.45) is 12.8 Å². The van der Waals surface area contributed by atoms with Crippen LogP contribution in [0.25, 0.3) is 11.3 Å². The van der Waals surface area contributed by atoms with Gasteiger partial charge in [-0.3, -0.25) is 4.68 Å². The van der Waals surface area contributed by atoms with E-state index in [0.717, 1.165) is 38.3 Å². The largest absolute Gasteiger partial charge is 0.496 e. The number of rotatable bonds is 3. The smallest absolute Gasteiger partial charge is 0.122 e. The Bertz CT molecular complexity index is 620. The van der Waals surface area contributed by atoms with Crippen molar-refractivity contribution in [3.8, 4) is 17.0 Å². The van der Waals surface area contributed by atoms with Gasteiger partial charge in [-0.2, -0.15) is 5.10 Å². The molecule has 0 atom stereocenters. The average Bonchev–Trinajstić information content (AvgIpc) is 2.67. The summed E-state index contributed by atoms with van der Waals surface area (Å²) in [5.41, 5.74) is 11.0. The zero-order valence-electron chi connectivity index (χ0n) is 11.6. The number of aromatic nitrogens is 2. The Hall–Kier alpha value is -1.33. The van der Waals surface area contributed by atoms with Gasteiger partial charge in [0.15, 0.2) is 0 Å². The Kier molecular flexibility index (Phi) is 3.96. The van der Waals surface area contributed by atoms with Crippen LogP contribution in [0.3, 0.4) is 0 Å². The van der Waals surface area contributed by atoms with E-state index in [1.807, 2.05) is 24.7 Å². The van der Waals surface area contributed by atoms with Gasteiger partial charge in [0.1, 0.15) is 5.75 Å². The summed E-state index contributed by atoms with van der Waals surface area (Å²) in [6, 6.07) is 4.17. The molecule has 0 saturated carbocycles. The summed E-state index contributed by atoms with van der Waals surface area (Å²) in [6.45, 7) is 4.53. The van der Waals surface area contributed by atoms with Crippen molar-refractivity contribution in [2.75, 3.05) is 7.11 Å². The van der Waals surface area contributed by atoms with E-state index >= 15 is 0 Å². The normalized spacial score (nSPS) is 10.8. The van der Waals surface area contributed by atoms with Crippen LogP contribution in [0.5, 0.6) is 5.75 Å². The van der Waals surface area contributed by atoms with Gasteiger partial charge in [0, 0.05) is 19.2 Å². The number of benzene rings is 1. The molecule has 0 saturated heterocycles. The number of methoxy groups -OCH3 is 1. The predicted molar refractivity (Wildman–Crippen MR) is 80.3 cm³/mol. The monoisotopic (exact) mass is 323 g/mol. The predicted octanol–water partition coefficient (Wildman–Crippen LogP) is 2.93. The molecule has 2 aromatic rings. The van der Waals surface area contributed by atoms with Crippen molar-refractivity contribution in [1.29, 1.82) is 0 Å². The molecule has 0 radical (unpaired) electrons. The minimum Gasteiger partial charge on any atom is -0.496 e. The maximum absolute atomic E-state index is 5.70. The molecule has 1 aromatic heterocycles. The van der Waals surface area contributed by atoms with E-state index in [1.165, 1.54) is 0 Å². The minimum absolute atomic E-state index is 0.419. The van der Waals surface area contributed by atoms with Crippen molar-refractivity contribution in [1.82, 2.24) is 9.78 Å². The number of nitrogens with two attached hydrogens (primary N) is 1. The van der Waals surface area contributed by atoms with Crippen LogP contribution >= 0.6 is 15.9 Å². The molecule has 102 valence electrons. The Morgan fingerprint density at radius 2 is 2.00 bits per heavy atom. The van der Waals surface area contributed by atoms with Crippen LogP contribution in [0, 0.1) is 13.8 Å². The molecular formula is C14H18BrN3O. The van der Waals surface area contributed by atoms with Gasteiger partial charge < -0.3 is 10.5 Å². The number of ether oxygens (including phenoxy) is 1. The number of hydrogen-bond donors (Lipinski definition) is 1. The highest BCUT2D eigenvalue weighted by Crippen LogP contribution is 2.35. The van der Waals surface area contributed by atoms with Crippen molar-refractivity contribution in [3.05, 3.63) is 33.4 Å². The van der Waals surface area contributed by atoms with Gasteiger partial charge >= 0.3 is 0 Å². The molecule has 2 rings (SSSR count). The van der Waals surface area contributed by atoms with Crippen molar-refractivity contribution >= 4 is 15.9 Å². The first kappa shape index (κ1) is 14.1. The lowest BCUT2D eigenvalue weighted by molar-refractivity contribution is 0.411. The average molecular weight is 324 g/mol. The Morgan fingerprint density at radius 1 is 1.32 bits per heavy atom. The maximum atomic E-state index is 5.70. The van der Waals surface area contributed by atoms with Gasteiger partial charge in [-0.1, -0.05) is 0 Å². The molecule has 0 fully saturated rings. The summed E-state index contributed by atoms with van der Waals surface area (Å²) >= 11 is 3.60. The second kappa shape index (κ2) is 5.35. The lowest BCUT2D eigenvalue weighted by Crippen LogP contribution is -1.99. The number of nitrogens with zero attached hydrogens (tertiary/aromatic N) is 2. The zero-order valence-corrected chi connectivity index (χ0v) is 13.2. The standard InChI is InChI=1S/C14H18BrN3O/c1-8-6-12(19-4)9(2)5-10(8)14-13(15)11(7-16)17-18(14)3/h5-6H,7,16H2,1-4H3. The highest BCUT2D eigenvalue weighted by atomic mass is 79.9. The third kappa shape index (κ3) is 2.40. The van der Waals surface area contributed by atoms with Crippen LogP contribution in [0.4, 0.5) is 0 Å². The van der Waals surface area contributed by atoms with Crippen LogP contribution in [0.1, 0.15) is 16.8 Å². The van der Waals surface area contributed by atoms with Crippen molar-refractivity contribution in [3.63, 3.8) is 0 Å². The van der Waals surface area contributed by atoms with Gasteiger partial charge in [0.2, 0.25) is 0 Å². The van der Waals surface area contributed by atoms with Crippen LogP contribution < -0.4 is 10.5 Å². The molecule has 0 aliphatic rings. The van der Waals surface area contributed by atoms with Crippen molar-refractivity contribution in [2.45, 2.75) is 20.4 Å². The Balaban J connectivity index is 2.66. The molecule has 0 aliphatic heterocycles. The van der Waals surface area contributed by atoms with Gasteiger partial charge in [-0.25, -0.2) is 0 Å². The summed E-state index contributed by atoms with van der Waals surface area (Å²) in [5, 5.41) is 4.43. The molecule has 0 aliphatic carbocycles. The molecule has 5 heteroatoms. The SMILES string of the molecule is COc1cc(C)c(-c2c(Br)c(CN)nn2C)cc1C. The number of aryl methyl sites for hydroxylation is 3. The van der Waals surface area contributed by atoms with Crippen LogP contribution in [0.15, 0.2) is 16.6 Å². The first-order chi connectivity index (χ1) is 8.99. The molecule has 0 unspecified atom stereocenters. The van der Waals surface area contributed by atoms with Gasteiger partial charge in [-0.15, -0.1) is 0 Å². The van der Waals surface area contributed by atoms with Crippen molar-refractivity contribution < 1.29 is 4.74 Å². The second-order valence-electron chi connectivity index (χ2n) is 4.57. The molecule has 19 heavy (non-hydrogen) atoms. The summed E-state index contributed by atoms with van der Waals surface area (Å²) in [6.07, 6.45) is 0. The lowest BCUT2D eigenvalue weighted by Gasteiger charge is -2.12.